The normalized spacial score (nSPS) is 24.1. The van der Waals surface area contributed by atoms with Crippen LogP contribution in [0.25, 0.3) is 11.3 Å². The first-order valence-electron chi connectivity index (χ1n) is 8.93. The number of aromatic nitrogens is 1. The highest BCUT2D eigenvalue weighted by molar-refractivity contribution is 8.01. The zero-order valence-electron chi connectivity index (χ0n) is 15.1. The third kappa shape index (κ3) is 3.19. The van der Waals surface area contributed by atoms with Gasteiger partial charge < -0.3 is 4.90 Å². The van der Waals surface area contributed by atoms with Gasteiger partial charge in [-0.15, -0.1) is 29.7 Å². The summed E-state index contributed by atoms with van der Waals surface area (Å²) in [5.41, 5.74) is 1.87. The molecule has 2 aliphatic rings. The van der Waals surface area contributed by atoms with Crippen molar-refractivity contribution in [2.75, 3.05) is 17.2 Å². The van der Waals surface area contributed by atoms with Gasteiger partial charge in [0, 0.05) is 29.7 Å². The topological polar surface area (TPSA) is 53.5 Å². The van der Waals surface area contributed by atoms with E-state index in [1.165, 1.54) is 11.3 Å². The Morgan fingerprint density at radius 1 is 1.44 bits per heavy atom. The van der Waals surface area contributed by atoms with E-state index in [0.29, 0.717) is 23.8 Å². The number of hydrogen-bond donors (Lipinski definition) is 0. The molecule has 1 aromatic carbocycles. The van der Waals surface area contributed by atoms with Gasteiger partial charge in [0.25, 0.3) is 5.91 Å². The van der Waals surface area contributed by atoms with Crippen molar-refractivity contribution in [2.24, 2.45) is 0 Å². The maximum absolute atomic E-state index is 13.3. The van der Waals surface area contributed by atoms with Crippen molar-refractivity contribution in [1.29, 1.82) is 0 Å². The number of thioether (sulfide) groups is 1. The van der Waals surface area contributed by atoms with Crippen LogP contribution >= 0.6 is 23.1 Å². The van der Waals surface area contributed by atoms with Crippen molar-refractivity contribution in [3.8, 4) is 11.3 Å². The van der Waals surface area contributed by atoms with Crippen LogP contribution in [0.5, 0.6) is 0 Å². The smallest absolute Gasteiger partial charge is 0.252 e. The zero-order valence-corrected chi connectivity index (χ0v) is 16.8. The third-order valence-corrected chi connectivity index (χ3v) is 7.47. The highest BCUT2D eigenvalue weighted by Crippen LogP contribution is 2.47. The first kappa shape index (κ1) is 18.3. The Bertz CT molecular complexity index is 882. The number of anilines is 1. The maximum atomic E-state index is 13.3. The second-order valence-electron chi connectivity index (χ2n) is 6.88. The zero-order chi connectivity index (χ0) is 19.0. The van der Waals surface area contributed by atoms with Gasteiger partial charge in [-0.25, -0.2) is 4.98 Å². The van der Waals surface area contributed by atoms with Crippen LogP contribution in [0.4, 0.5) is 5.13 Å². The highest BCUT2D eigenvalue weighted by atomic mass is 32.2. The molecule has 0 N–H and O–H groups in total. The molecule has 2 amide bonds. The SMILES string of the molecule is C=CCN(C(=O)[C@@H]1CS[C@@]2(C)CCC(=O)N12)c1nc(-c2ccccc2)cs1. The molecule has 4 rings (SSSR count). The molecule has 1 aromatic heterocycles. The van der Waals surface area contributed by atoms with Crippen molar-refractivity contribution in [1.82, 2.24) is 9.88 Å². The van der Waals surface area contributed by atoms with Crippen LogP contribution < -0.4 is 4.90 Å². The maximum Gasteiger partial charge on any atom is 0.252 e. The number of carbonyl (C=O) groups excluding carboxylic acids is 2. The van der Waals surface area contributed by atoms with E-state index in [-0.39, 0.29) is 16.7 Å². The van der Waals surface area contributed by atoms with Crippen LogP contribution in [0.2, 0.25) is 0 Å². The average Bonchev–Trinajstić information content (AvgIpc) is 3.36. The minimum absolute atomic E-state index is 0.0727. The molecule has 2 fully saturated rings. The lowest BCUT2D eigenvalue weighted by Gasteiger charge is -2.32. The van der Waals surface area contributed by atoms with Crippen LogP contribution in [0.3, 0.4) is 0 Å². The molecule has 27 heavy (non-hydrogen) atoms. The fourth-order valence-corrected chi connectivity index (χ4v) is 5.98. The lowest BCUT2D eigenvalue weighted by atomic mass is 10.2. The first-order chi connectivity index (χ1) is 13.0. The molecule has 140 valence electrons. The first-order valence-corrected chi connectivity index (χ1v) is 10.8. The summed E-state index contributed by atoms with van der Waals surface area (Å²) in [6.07, 6.45) is 3.02. The number of fused-ring (bicyclic) bond motifs is 1. The fourth-order valence-electron chi connectivity index (χ4n) is 3.70. The second-order valence-corrected chi connectivity index (χ2v) is 9.22. The predicted octanol–water partition coefficient (Wildman–Crippen LogP) is 3.78. The Morgan fingerprint density at radius 3 is 2.96 bits per heavy atom. The molecule has 2 saturated heterocycles. The summed E-state index contributed by atoms with van der Waals surface area (Å²) in [7, 11) is 0. The Balaban J connectivity index is 1.62. The van der Waals surface area contributed by atoms with Gasteiger partial charge in [0.1, 0.15) is 6.04 Å². The molecule has 2 atom stereocenters. The molecule has 0 unspecified atom stereocenters. The van der Waals surface area contributed by atoms with Crippen LogP contribution in [0.15, 0.2) is 48.4 Å². The van der Waals surface area contributed by atoms with E-state index in [1.54, 1.807) is 27.6 Å². The van der Waals surface area contributed by atoms with Crippen LogP contribution in [0.1, 0.15) is 19.8 Å². The van der Waals surface area contributed by atoms with Gasteiger partial charge in [-0.3, -0.25) is 14.5 Å². The molecule has 3 heterocycles. The van der Waals surface area contributed by atoms with Gasteiger partial charge in [-0.2, -0.15) is 0 Å². The Kier molecular flexibility index (Phi) is 4.82. The standard InChI is InChI=1S/C20H21N3O2S2/c1-3-11-22(19-21-15(12-26-19)14-7-5-4-6-8-14)18(25)16-13-27-20(2)10-9-17(24)23(16)20/h3-8,12,16H,1,9-11,13H2,2H3/t16-,20-/m0/s1. The number of nitrogens with zero attached hydrogens (tertiary/aromatic N) is 3. The van der Waals surface area contributed by atoms with Gasteiger partial charge in [0.2, 0.25) is 5.91 Å². The molecule has 0 bridgehead atoms. The summed E-state index contributed by atoms with van der Waals surface area (Å²) in [5.74, 6) is 0.630. The average molecular weight is 400 g/mol. The summed E-state index contributed by atoms with van der Waals surface area (Å²) in [5, 5.41) is 2.60. The largest absolute Gasteiger partial charge is 0.315 e. The quantitative estimate of drug-likeness (QED) is 0.718. The molecule has 0 radical (unpaired) electrons. The van der Waals surface area contributed by atoms with E-state index in [2.05, 4.69) is 18.5 Å². The molecule has 5 nitrogen and oxygen atoms in total. The summed E-state index contributed by atoms with van der Waals surface area (Å²) in [6.45, 7) is 6.23. The van der Waals surface area contributed by atoms with E-state index in [9.17, 15) is 9.59 Å². The number of thiazole rings is 1. The van der Waals surface area contributed by atoms with Crippen LogP contribution in [-0.4, -0.2) is 44.9 Å². The Labute approximate surface area is 167 Å². The number of hydrogen-bond acceptors (Lipinski definition) is 5. The van der Waals surface area contributed by atoms with Crippen molar-refractivity contribution in [3.05, 3.63) is 48.4 Å². The third-order valence-electron chi connectivity index (χ3n) is 5.10. The van der Waals surface area contributed by atoms with Crippen molar-refractivity contribution in [2.45, 2.75) is 30.7 Å². The summed E-state index contributed by atoms with van der Waals surface area (Å²) in [4.78, 5) is 33.6. The van der Waals surface area contributed by atoms with Crippen molar-refractivity contribution < 1.29 is 9.59 Å². The molecule has 2 aromatic rings. The summed E-state index contributed by atoms with van der Waals surface area (Å²) >= 11 is 3.14. The Hall–Kier alpha value is -2.12. The van der Waals surface area contributed by atoms with E-state index in [4.69, 9.17) is 0 Å². The van der Waals surface area contributed by atoms with Crippen LogP contribution in [0, 0.1) is 0 Å². The lowest BCUT2D eigenvalue weighted by molar-refractivity contribution is -0.136. The van der Waals surface area contributed by atoms with Gasteiger partial charge in [-0.1, -0.05) is 36.4 Å². The Morgan fingerprint density at radius 2 is 2.22 bits per heavy atom. The van der Waals surface area contributed by atoms with E-state index < -0.39 is 6.04 Å². The monoisotopic (exact) mass is 399 g/mol. The predicted molar refractivity (Wildman–Crippen MR) is 111 cm³/mol. The van der Waals surface area contributed by atoms with Gasteiger partial charge in [0.05, 0.1) is 10.6 Å². The number of rotatable bonds is 5. The fraction of sp³-hybridized carbons (Fsp3) is 0.350. The molecular weight excluding hydrogens is 378 g/mol. The second kappa shape index (κ2) is 7.13. The summed E-state index contributed by atoms with van der Waals surface area (Å²) in [6, 6.07) is 9.47. The lowest BCUT2D eigenvalue weighted by Crippen LogP contribution is -2.51. The molecule has 2 aliphatic heterocycles. The summed E-state index contributed by atoms with van der Waals surface area (Å²) < 4.78 is 0. The minimum atomic E-state index is -0.431. The highest BCUT2D eigenvalue weighted by Gasteiger charge is 2.53. The van der Waals surface area contributed by atoms with Crippen molar-refractivity contribution >= 4 is 40.0 Å². The van der Waals surface area contributed by atoms with Crippen molar-refractivity contribution in [3.63, 3.8) is 0 Å². The molecule has 0 saturated carbocycles. The van der Waals surface area contributed by atoms with Gasteiger partial charge >= 0.3 is 0 Å². The molecule has 0 spiro atoms. The molecular formula is C20H21N3O2S2. The van der Waals surface area contributed by atoms with E-state index in [0.717, 1.165) is 17.7 Å². The number of benzene rings is 1. The number of amides is 2. The van der Waals surface area contributed by atoms with E-state index >= 15 is 0 Å². The molecule has 0 aliphatic carbocycles. The number of carbonyl (C=O) groups is 2. The van der Waals surface area contributed by atoms with Gasteiger partial charge in [-0.05, 0) is 13.3 Å². The minimum Gasteiger partial charge on any atom is -0.315 e. The molecule has 7 heteroatoms. The van der Waals surface area contributed by atoms with E-state index in [1.807, 2.05) is 35.7 Å². The van der Waals surface area contributed by atoms with Crippen LogP contribution in [-0.2, 0) is 9.59 Å². The van der Waals surface area contributed by atoms with Gasteiger partial charge in [0.15, 0.2) is 5.13 Å².